The third kappa shape index (κ3) is 4.31. The normalized spacial score (nSPS) is 21.3. The molecule has 5 heteroatoms. The molecule has 1 aromatic rings. The summed E-state index contributed by atoms with van der Waals surface area (Å²) >= 11 is 0. The number of nitrogens with two attached hydrogens (primary N) is 1. The summed E-state index contributed by atoms with van der Waals surface area (Å²) < 4.78 is 5.36. The zero-order valence-electron chi connectivity index (χ0n) is 13.7. The smallest absolute Gasteiger partial charge is 0.244 e. The van der Waals surface area contributed by atoms with Gasteiger partial charge in [-0.15, -0.1) is 0 Å². The van der Waals surface area contributed by atoms with Gasteiger partial charge in [-0.3, -0.25) is 9.69 Å². The molecule has 23 heavy (non-hydrogen) atoms. The molecule has 2 aliphatic rings. The molecule has 0 bridgehead atoms. The van der Waals surface area contributed by atoms with Gasteiger partial charge in [-0.25, -0.2) is 0 Å². The third-order valence-electron chi connectivity index (χ3n) is 4.98. The van der Waals surface area contributed by atoms with Gasteiger partial charge in [0.1, 0.15) is 0 Å². The van der Waals surface area contributed by atoms with Crippen LogP contribution in [0.2, 0.25) is 0 Å². The number of morpholine rings is 1. The number of nitrogens with one attached hydrogen (secondary N) is 1. The zero-order valence-corrected chi connectivity index (χ0v) is 13.7. The van der Waals surface area contributed by atoms with Crippen molar-refractivity contribution in [2.75, 3.05) is 38.2 Å². The predicted molar refractivity (Wildman–Crippen MR) is 91.4 cm³/mol. The van der Waals surface area contributed by atoms with Crippen LogP contribution in [0.15, 0.2) is 24.3 Å². The number of hydrogen-bond donors (Lipinski definition) is 2. The maximum atomic E-state index is 12.3. The van der Waals surface area contributed by atoms with Crippen LogP contribution < -0.4 is 11.1 Å². The maximum Gasteiger partial charge on any atom is 0.244 e. The van der Waals surface area contributed by atoms with Crippen molar-refractivity contribution in [3.63, 3.8) is 0 Å². The van der Waals surface area contributed by atoms with E-state index in [9.17, 15) is 4.79 Å². The van der Waals surface area contributed by atoms with Crippen LogP contribution in [0.25, 0.3) is 0 Å². The lowest BCUT2D eigenvalue weighted by Crippen LogP contribution is -2.48. The van der Waals surface area contributed by atoms with Crippen molar-refractivity contribution in [1.82, 2.24) is 4.90 Å². The van der Waals surface area contributed by atoms with Gasteiger partial charge in [-0.1, -0.05) is 25.0 Å². The van der Waals surface area contributed by atoms with Crippen LogP contribution in [-0.4, -0.2) is 49.2 Å². The van der Waals surface area contributed by atoms with E-state index in [-0.39, 0.29) is 5.91 Å². The lowest BCUT2D eigenvalue weighted by atomic mass is 9.98. The summed E-state index contributed by atoms with van der Waals surface area (Å²) in [6.07, 6.45) is 4.69. The monoisotopic (exact) mass is 317 g/mol. The SMILES string of the molecule is NC1(C(=O)Nc2ccc(CCN3CCOCC3)cc2)CCCC1. The summed E-state index contributed by atoms with van der Waals surface area (Å²) in [4.78, 5) is 14.7. The van der Waals surface area contributed by atoms with Gasteiger partial charge in [0, 0.05) is 25.3 Å². The Labute approximate surface area is 138 Å². The Kier molecular flexibility index (Phi) is 5.30. The quantitative estimate of drug-likeness (QED) is 0.868. The number of ether oxygens (including phenoxy) is 1. The molecule has 126 valence electrons. The lowest BCUT2D eigenvalue weighted by Gasteiger charge is -2.26. The molecule has 1 aliphatic carbocycles. The van der Waals surface area contributed by atoms with E-state index < -0.39 is 5.54 Å². The second-order valence-electron chi connectivity index (χ2n) is 6.72. The molecule has 1 aliphatic heterocycles. The van der Waals surface area contributed by atoms with E-state index in [0.29, 0.717) is 0 Å². The molecule has 1 saturated carbocycles. The van der Waals surface area contributed by atoms with Crippen LogP contribution in [-0.2, 0) is 16.0 Å². The molecule has 0 spiro atoms. The molecule has 0 unspecified atom stereocenters. The van der Waals surface area contributed by atoms with E-state index >= 15 is 0 Å². The molecule has 3 N–H and O–H groups in total. The largest absolute Gasteiger partial charge is 0.379 e. The number of benzene rings is 1. The Bertz CT molecular complexity index is 518. The van der Waals surface area contributed by atoms with Gasteiger partial charge < -0.3 is 15.8 Å². The Balaban J connectivity index is 1.49. The molecule has 5 nitrogen and oxygen atoms in total. The van der Waals surface area contributed by atoms with E-state index in [1.54, 1.807) is 0 Å². The number of rotatable bonds is 5. The first-order valence-corrected chi connectivity index (χ1v) is 8.65. The fraction of sp³-hybridized carbons (Fsp3) is 0.611. The van der Waals surface area contributed by atoms with Crippen LogP contribution in [0.5, 0.6) is 0 Å². The number of carbonyl (C=O) groups excluding carboxylic acids is 1. The number of nitrogens with zero attached hydrogens (tertiary/aromatic N) is 1. The highest BCUT2D eigenvalue weighted by molar-refractivity contribution is 5.98. The van der Waals surface area contributed by atoms with Crippen LogP contribution >= 0.6 is 0 Å². The molecule has 1 amide bonds. The first-order valence-electron chi connectivity index (χ1n) is 8.65. The number of anilines is 1. The van der Waals surface area contributed by atoms with Crippen molar-refractivity contribution in [2.45, 2.75) is 37.6 Å². The molecule has 2 fully saturated rings. The molecule has 1 saturated heterocycles. The minimum atomic E-state index is -0.672. The number of amides is 1. The summed E-state index contributed by atoms with van der Waals surface area (Å²) in [7, 11) is 0. The van der Waals surface area contributed by atoms with Crippen molar-refractivity contribution in [1.29, 1.82) is 0 Å². The Morgan fingerprint density at radius 2 is 1.83 bits per heavy atom. The van der Waals surface area contributed by atoms with E-state index in [1.807, 2.05) is 12.1 Å². The first-order chi connectivity index (χ1) is 11.2. The van der Waals surface area contributed by atoms with E-state index in [1.165, 1.54) is 5.56 Å². The topological polar surface area (TPSA) is 67.6 Å². The summed E-state index contributed by atoms with van der Waals surface area (Å²) in [6, 6.07) is 8.14. The van der Waals surface area contributed by atoms with Gasteiger partial charge in [0.2, 0.25) is 5.91 Å². The molecule has 0 aromatic heterocycles. The number of hydrogen-bond acceptors (Lipinski definition) is 4. The average molecular weight is 317 g/mol. The standard InChI is InChI=1S/C18H27N3O2/c19-18(8-1-2-9-18)17(22)20-16-5-3-15(4-6-16)7-10-21-11-13-23-14-12-21/h3-6H,1-2,7-14,19H2,(H,20,22). The van der Waals surface area contributed by atoms with Crippen molar-refractivity contribution >= 4 is 11.6 Å². The summed E-state index contributed by atoms with van der Waals surface area (Å²) in [5.74, 6) is -0.0453. The van der Waals surface area contributed by atoms with Crippen molar-refractivity contribution in [2.24, 2.45) is 5.73 Å². The number of carbonyl (C=O) groups is 1. The van der Waals surface area contributed by atoms with E-state index in [2.05, 4.69) is 22.3 Å². The van der Waals surface area contributed by atoms with Gasteiger partial charge >= 0.3 is 0 Å². The summed E-state index contributed by atoms with van der Waals surface area (Å²) in [6.45, 7) is 4.78. The van der Waals surface area contributed by atoms with Gasteiger partial charge in [0.15, 0.2) is 0 Å². The van der Waals surface area contributed by atoms with Gasteiger partial charge in [0.25, 0.3) is 0 Å². The summed E-state index contributed by atoms with van der Waals surface area (Å²) in [5, 5.41) is 2.97. The minimum absolute atomic E-state index is 0.0453. The predicted octanol–water partition coefficient (Wildman–Crippen LogP) is 1.77. The van der Waals surface area contributed by atoms with Gasteiger partial charge in [-0.2, -0.15) is 0 Å². The fourth-order valence-corrected chi connectivity index (χ4v) is 3.36. The zero-order chi connectivity index (χ0) is 16.1. The highest BCUT2D eigenvalue weighted by Crippen LogP contribution is 2.28. The highest BCUT2D eigenvalue weighted by atomic mass is 16.5. The maximum absolute atomic E-state index is 12.3. The van der Waals surface area contributed by atoms with E-state index in [0.717, 1.165) is 70.6 Å². The summed E-state index contributed by atoms with van der Waals surface area (Å²) in [5.41, 5.74) is 7.64. The van der Waals surface area contributed by atoms with Crippen molar-refractivity contribution < 1.29 is 9.53 Å². The third-order valence-corrected chi connectivity index (χ3v) is 4.98. The minimum Gasteiger partial charge on any atom is -0.379 e. The van der Waals surface area contributed by atoms with Crippen molar-refractivity contribution in [3.8, 4) is 0 Å². The fourth-order valence-electron chi connectivity index (χ4n) is 3.36. The molecule has 0 atom stereocenters. The second kappa shape index (κ2) is 7.43. The average Bonchev–Trinajstić information content (AvgIpc) is 3.03. The highest BCUT2D eigenvalue weighted by Gasteiger charge is 2.36. The van der Waals surface area contributed by atoms with Crippen LogP contribution in [0.4, 0.5) is 5.69 Å². The molecule has 0 radical (unpaired) electrons. The van der Waals surface area contributed by atoms with Crippen molar-refractivity contribution in [3.05, 3.63) is 29.8 Å². The molecular weight excluding hydrogens is 290 g/mol. The van der Waals surface area contributed by atoms with Crippen LogP contribution in [0.1, 0.15) is 31.2 Å². The molecular formula is C18H27N3O2. The van der Waals surface area contributed by atoms with Gasteiger partial charge in [0.05, 0.1) is 18.8 Å². The Morgan fingerprint density at radius 3 is 2.48 bits per heavy atom. The lowest BCUT2D eigenvalue weighted by molar-refractivity contribution is -0.121. The van der Waals surface area contributed by atoms with Gasteiger partial charge in [-0.05, 0) is 37.0 Å². The first kappa shape index (κ1) is 16.4. The van der Waals surface area contributed by atoms with E-state index in [4.69, 9.17) is 10.5 Å². The Morgan fingerprint density at radius 1 is 1.17 bits per heavy atom. The second-order valence-corrected chi connectivity index (χ2v) is 6.72. The van der Waals surface area contributed by atoms with Crippen LogP contribution in [0, 0.1) is 0 Å². The van der Waals surface area contributed by atoms with Crippen LogP contribution in [0.3, 0.4) is 0 Å². The molecule has 1 aromatic carbocycles. The Hall–Kier alpha value is -1.43. The molecule has 3 rings (SSSR count). The molecule has 1 heterocycles.